The average molecular weight is 282 g/mol. The molecule has 0 saturated carbocycles. The highest BCUT2D eigenvalue weighted by Gasteiger charge is 2.09. The molecule has 1 aromatic heterocycles. The van der Waals surface area contributed by atoms with Crippen LogP contribution in [0.1, 0.15) is 29.4 Å². The first-order valence-corrected chi connectivity index (χ1v) is 6.75. The number of hydrogen-bond acceptors (Lipinski definition) is 6. The Labute approximate surface area is 124 Å². The summed E-state index contributed by atoms with van der Waals surface area (Å²) in [6.45, 7) is 4.48. The lowest BCUT2D eigenvalue weighted by atomic mass is 10.1. The van der Waals surface area contributed by atoms with Crippen LogP contribution in [-0.4, -0.2) is 9.97 Å². The fourth-order valence-corrected chi connectivity index (χ4v) is 1.97. The van der Waals surface area contributed by atoms with Gasteiger partial charge >= 0.3 is 0 Å². The largest absolute Gasteiger partial charge is 0.366 e. The van der Waals surface area contributed by atoms with Crippen LogP contribution in [0, 0.1) is 18.3 Å². The minimum absolute atomic E-state index is 0.584. The zero-order valence-corrected chi connectivity index (χ0v) is 12.1. The third-order valence-corrected chi connectivity index (χ3v) is 3.16. The van der Waals surface area contributed by atoms with E-state index in [0.717, 1.165) is 29.2 Å². The number of nitriles is 1. The van der Waals surface area contributed by atoms with E-state index in [-0.39, 0.29) is 0 Å². The maximum absolute atomic E-state index is 8.91. The van der Waals surface area contributed by atoms with Crippen molar-refractivity contribution in [1.82, 2.24) is 9.97 Å². The van der Waals surface area contributed by atoms with Crippen molar-refractivity contribution in [2.75, 3.05) is 10.7 Å². The number of nitrogens with one attached hydrogen (secondary N) is 2. The number of aromatic nitrogens is 2. The second kappa shape index (κ2) is 6.68. The maximum Gasteiger partial charge on any atom is 0.148 e. The molecule has 6 nitrogen and oxygen atoms in total. The predicted molar refractivity (Wildman–Crippen MR) is 82.4 cm³/mol. The predicted octanol–water partition coefficient (Wildman–Crippen LogP) is 2.12. The molecule has 2 aromatic rings. The number of hydrogen-bond donors (Lipinski definition) is 3. The molecule has 21 heavy (non-hydrogen) atoms. The van der Waals surface area contributed by atoms with Gasteiger partial charge in [-0.05, 0) is 24.6 Å². The molecule has 0 radical (unpaired) electrons. The lowest BCUT2D eigenvalue weighted by Gasteiger charge is -2.13. The van der Waals surface area contributed by atoms with Crippen LogP contribution >= 0.6 is 0 Å². The highest BCUT2D eigenvalue weighted by Crippen LogP contribution is 2.20. The van der Waals surface area contributed by atoms with Gasteiger partial charge in [-0.3, -0.25) is 0 Å². The lowest BCUT2D eigenvalue weighted by molar-refractivity contribution is 0.921. The molecule has 0 unspecified atom stereocenters. The molecular weight excluding hydrogens is 264 g/mol. The van der Waals surface area contributed by atoms with E-state index in [1.807, 2.05) is 32.0 Å². The zero-order valence-electron chi connectivity index (χ0n) is 12.1. The highest BCUT2D eigenvalue weighted by atomic mass is 15.3. The van der Waals surface area contributed by atoms with Gasteiger partial charge in [-0.15, -0.1) is 0 Å². The lowest BCUT2D eigenvalue weighted by Crippen LogP contribution is -2.14. The number of hydrazine groups is 1. The van der Waals surface area contributed by atoms with Crippen LogP contribution < -0.4 is 16.6 Å². The van der Waals surface area contributed by atoms with Gasteiger partial charge in [0.25, 0.3) is 0 Å². The minimum atomic E-state index is 0.584. The Kier molecular flexibility index (Phi) is 4.69. The first-order chi connectivity index (χ1) is 10.2. The normalized spacial score (nSPS) is 10.0. The van der Waals surface area contributed by atoms with Crippen molar-refractivity contribution >= 4 is 11.6 Å². The maximum atomic E-state index is 8.91. The summed E-state index contributed by atoms with van der Waals surface area (Å²) in [7, 11) is 0. The fourth-order valence-electron chi connectivity index (χ4n) is 1.97. The Morgan fingerprint density at radius 2 is 2.05 bits per heavy atom. The molecule has 0 bridgehead atoms. The Balaban J connectivity index is 2.21. The first-order valence-electron chi connectivity index (χ1n) is 6.75. The molecule has 0 aliphatic rings. The summed E-state index contributed by atoms with van der Waals surface area (Å²) in [5.74, 6) is 7.58. The van der Waals surface area contributed by atoms with Gasteiger partial charge in [0.15, 0.2) is 0 Å². The minimum Gasteiger partial charge on any atom is -0.366 e. The van der Waals surface area contributed by atoms with Gasteiger partial charge in [0.2, 0.25) is 0 Å². The molecule has 0 spiro atoms. The van der Waals surface area contributed by atoms with Crippen molar-refractivity contribution in [2.45, 2.75) is 26.8 Å². The third-order valence-electron chi connectivity index (χ3n) is 3.16. The molecule has 4 N–H and O–H groups in total. The molecule has 0 atom stereocenters. The Hall–Kier alpha value is -2.65. The second-order valence-corrected chi connectivity index (χ2v) is 4.63. The van der Waals surface area contributed by atoms with E-state index in [1.54, 1.807) is 6.07 Å². The summed E-state index contributed by atoms with van der Waals surface area (Å²) in [5, 5.41) is 12.2. The van der Waals surface area contributed by atoms with E-state index in [4.69, 9.17) is 11.1 Å². The molecule has 0 aliphatic carbocycles. The molecule has 6 heteroatoms. The van der Waals surface area contributed by atoms with E-state index in [1.165, 1.54) is 0 Å². The topological polar surface area (TPSA) is 99.6 Å². The van der Waals surface area contributed by atoms with Gasteiger partial charge in [0, 0.05) is 18.5 Å². The molecular formula is C15H18N6. The van der Waals surface area contributed by atoms with Crippen LogP contribution in [0.5, 0.6) is 0 Å². The molecule has 2 rings (SSSR count). The van der Waals surface area contributed by atoms with Crippen LogP contribution in [-0.2, 0) is 13.0 Å². The molecule has 0 amide bonds. The quantitative estimate of drug-likeness (QED) is 0.574. The fraction of sp³-hybridized carbons (Fsp3) is 0.267. The number of nitrogens with two attached hydrogens (primary N) is 1. The standard InChI is InChI=1S/C15H18N6/c1-3-13-19-14(10(2)15(20-13)21-17)18-9-12-6-4-5-11(7-12)8-16/h4-7H,3,9,17H2,1-2H3,(H2,18,19,20,21). The summed E-state index contributed by atoms with van der Waals surface area (Å²) in [6.07, 6.45) is 0.730. The number of nitrogen functional groups attached to an aromatic ring is 1. The van der Waals surface area contributed by atoms with Gasteiger partial charge in [-0.1, -0.05) is 19.1 Å². The zero-order chi connectivity index (χ0) is 15.2. The number of nitrogens with zero attached hydrogens (tertiary/aromatic N) is 3. The SMILES string of the molecule is CCc1nc(NN)c(C)c(NCc2cccc(C#N)c2)n1. The molecule has 0 fully saturated rings. The summed E-state index contributed by atoms with van der Waals surface area (Å²) >= 11 is 0. The first kappa shape index (κ1) is 14.8. The van der Waals surface area contributed by atoms with Crippen molar-refractivity contribution in [2.24, 2.45) is 5.84 Å². The van der Waals surface area contributed by atoms with Crippen LogP contribution in [0.25, 0.3) is 0 Å². The summed E-state index contributed by atoms with van der Waals surface area (Å²) in [5.41, 5.74) is 5.13. The summed E-state index contributed by atoms with van der Waals surface area (Å²) in [4.78, 5) is 8.80. The van der Waals surface area contributed by atoms with Crippen LogP contribution in [0.15, 0.2) is 24.3 Å². The van der Waals surface area contributed by atoms with E-state index in [2.05, 4.69) is 26.8 Å². The molecule has 1 heterocycles. The average Bonchev–Trinajstić information content (AvgIpc) is 2.54. The van der Waals surface area contributed by atoms with E-state index >= 15 is 0 Å². The number of rotatable bonds is 5. The van der Waals surface area contributed by atoms with Crippen molar-refractivity contribution in [3.63, 3.8) is 0 Å². The van der Waals surface area contributed by atoms with E-state index < -0.39 is 0 Å². The summed E-state index contributed by atoms with van der Waals surface area (Å²) < 4.78 is 0. The van der Waals surface area contributed by atoms with E-state index in [0.29, 0.717) is 17.9 Å². The second-order valence-electron chi connectivity index (χ2n) is 4.63. The van der Waals surface area contributed by atoms with Crippen LogP contribution in [0.3, 0.4) is 0 Å². The van der Waals surface area contributed by atoms with Crippen molar-refractivity contribution < 1.29 is 0 Å². The van der Waals surface area contributed by atoms with Crippen LogP contribution in [0.2, 0.25) is 0 Å². The van der Waals surface area contributed by atoms with Gasteiger partial charge in [-0.2, -0.15) is 5.26 Å². The van der Waals surface area contributed by atoms with Crippen LogP contribution in [0.4, 0.5) is 11.6 Å². The number of anilines is 2. The molecule has 0 aliphatic heterocycles. The Bertz CT molecular complexity index is 674. The smallest absolute Gasteiger partial charge is 0.148 e. The number of aryl methyl sites for hydroxylation is 1. The Morgan fingerprint density at radius 1 is 1.29 bits per heavy atom. The molecule has 0 saturated heterocycles. The molecule has 108 valence electrons. The Morgan fingerprint density at radius 3 is 2.71 bits per heavy atom. The van der Waals surface area contributed by atoms with Gasteiger partial charge in [-0.25, -0.2) is 15.8 Å². The van der Waals surface area contributed by atoms with E-state index in [9.17, 15) is 0 Å². The van der Waals surface area contributed by atoms with Gasteiger partial charge in [0.05, 0.1) is 11.6 Å². The number of benzene rings is 1. The highest BCUT2D eigenvalue weighted by molar-refractivity contribution is 5.57. The van der Waals surface area contributed by atoms with Gasteiger partial charge in [0.1, 0.15) is 17.5 Å². The van der Waals surface area contributed by atoms with Crippen molar-refractivity contribution in [3.8, 4) is 6.07 Å². The summed E-state index contributed by atoms with van der Waals surface area (Å²) in [6, 6.07) is 9.60. The van der Waals surface area contributed by atoms with Gasteiger partial charge < -0.3 is 10.7 Å². The third kappa shape index (κ3) is 3.46. The van der Waals surface area contributed by atoms with Crippen molar-refractivity contribution in [3.05, 3.63) is 46.8 Å². The van der Waals surface area contributed by atoms with Crippen molar-refractivity contribution in [1.29, 1.82) is 5.26 Å². The molecule has 1 aromatic carbocycles. The monoisotopic (exact) mass is 282 g/mol.